The van der Waals surface area contributed by atoms with Gasteiger partial charge in [-0.05, 0) is 71.9 Å². The van der Waals surface area contributed by atoms with Crippen LogP contribution in [-0.2, 0) is 20.3 Å². The van der Waals surface area contributed by atoms with Crippen LogP contribution >= 0.6 is 34.8 Å². The molecule has 0 amide bonds. The summed E-state index contributed by atoms with van der Waals surface area (Å²) >= 11 is 17.0. The van der Waals surface area contributed by atoms with E-state index in [0.29, 0.717) is 28.7 Å². The SMILES string of the molecule is CC(C)(C#N)c1cccc(N)n1.CCOC(=O)c1nnc(Cl)cc1Cl.CCOC(=O)c1nnc(Cl)cc1Nc1cccc(C(C)(C)C#N)n1. The highest BCUT2D eigenvalue weighted by atomic mass is 35.5. The molecule has 0 aliphatic heterocycles. The van der Waals surface area contributed by atoms with E-state index in [0.717, 1.165) is 0 Å². The molecule has 0 saturated heterocycles. The summed E-state index contributed by atoms with van der Waals surface area (Å²) in [5, 5.41) is 35.8. The van der Waals surface area contributed by atoms with E-state index < -0.39 is 22.8 Å². The normalized spacial score (nSPS) is 10.5. The molecule has 14 nitrogen and oxygen atoms in total. The summed E-state index contributed by atoms with van der Waals surface area (Å²) in [6, 6.07) is 17.7. The number of anilines is 3. The van der Waals surface area contributed by atoms with E-state index in [1.54, 1.807) is 64.1 Å². The summed E-state index contributed by atoms with van der Waals surface area (Å²) in [4.78, 5) is 31.6. The van der Waals surface area contributed by atoms with Crippen molar-refractivity contribution < 1.29 is 19.1 Å². The summed E-state index contributed by atoms with van der Waals surface area (Å²) in [6.45, 7) is 11.0. The maximum atomic E-state index is 12.0. The first-order chi connectivity index (χ1) is 23.1. The van der Waals surface area contributed by atoms with Crippen molar-refractivity contribution in [2.24, 2.45) is 0 Å². The fraction of sp³-hybridized carbons (Fsp3) is 0.312. The number of hydrogen-bond donors (Lipinski definition) is 2. The molecular weight excluding hydrogens is 695 g/mol. The van der Waals surface area contributed by atoms with Crippen molar-refractivity contribution in [3.05, 3.63) is 86.6 Å². The predicted molar refractivity (Wildman–Crippen MR) is 184 cm³/mol. The van der Waals surface area contributed by atoms with Crippen LogP contribution in [-0.4, -0.2) is 55.5 Å². The Hall–Kier alpha value is -5.15. The second-order valence-corrected chi connectivity index (χ2v) is 11.9. The highest BCUT2D eigenvalue weighted by Gasteiger charge is 2.23. The molecule has 17 heteroatoms. The van der Waals surface area contributed by atoms with Crippen LogP contribution in [0.3, 0.4) is 0 Å². The van der Waals surface area contributed by atoms with Crippen molar-refractivity contribution in [2.75, 3.05) is 24.3 Å². The summed E-state index contributed by atoms with van der Waals surface area (Å²) < 4.78 is 9.63. The van der Waals surface area contributed by atoms with Crippen molar-refractivity contribution in [3.63, 3.8) is 0 Å². The minimum absolute atomic E-state index is 0.00740. The van der Waals surface area contributed by atoms with Crippen LogP contribution in [0.4, 0.5) is 17.3 Å². The van der Waals surface area contributed by atoms with Gasteiger partial charge in [0.15, 0.2) is 21.7 Å². The van der Waals surface area contributed by atoms with Gasteiger partial charge in [-0.3, -0.25) is 0 Å². The van der Waals surface area contributed by atoms with Gasteiger partial charge in [0.25, 0.3) is 0 Å². The molecule has 0 bridgehead atoms. The maximum Gasteiger partial charge on any atom is 0.361 e. The number of hydrogen-bond acceptors (Lipinski definition) is 14. The number of ether oxygens (including phenoxy) is 2. The van der Waals surface area contributed by atoms with E-state index in [4.69, 9.17) is 50.5 Å². The van der Waals surface area contributed by atoms with E-state index in [1.165, 1.54) is 12.1 Å². The van der Waals surface area contributed by atoms with E-state index in [1.807, 2.05) is 13.8 Å². The Balaban J connectivity index is 0.000000281. The van der Waals surface area contributed by atoms with E-state index >= 15 is 0 Å². The zero-order valence-electron chi connectivity index (χ0n) is 27.5. The van der Waals surface area contributed by atoms with Crippen molar-refractivity contribution in [3.8, 4) is 12.1 Å². The molecule has 4 aromatic heterocycles. The van der Waals surface area contributed by atoms with Crippen LogP contribution in [0.15, 0.2) is 48.5 Å². The molecule has 0 radical (unpaired) electrons. The first kappa shape index (κ1) is 40.0. The van der Waals surface area contributed by atoms with Crippen LogP contribution in [0.5, 0.6) is 0 Å². The number of nitriles is 2. The highest BCUT2D eigenvalue weighted by Crippen LogP contribution is 2.25. The number of rotatable bonds is 8. The minimum atomic E-state index is -0.740. The molecule has 0 saturated carbocycles. The Kier molecular flexibility index (Phi) is 15.0. The topological polar surface area (TPSA) is 216 Å². The number of esters is 2. The molecule has 4 aromatic rings. The lowest BCUT2D eigenvalue weighted by Crippen LogP contribution is -2.17. The number of pyridine rings is 2. The predicted octanol–water partition coefficient (Wildman–Crippen LogP) is 6.67. The molecule has 256 valence electrons. The van der Waals surface area contributed by atoms with Crippen molar-refractivity contribution in [1.82, 2.24) is 30.4 Å². The van der Waals surface area contributed by atoms with E-state index in [2.05, 4.69) is 52.6 Å². The molecule has 4 rings (SSSR count). The van der Waals surface area contributed by atoms with Crippen LogP contribution in [0.25, 0.3) is 0 Å². The van der Waals surface area contributed by atoms with Crippen molar-refractivity contribution in [2.45, 2.75) is 52.4 Å². The number of nitrogens with two attached hydrogens (primary N) is 1. The molecule has 0 spiro atoms. The molecule has 0 atom stereocenters. The second-order valence-electron chi connectivity index (χ2n) is 10.7. The average Bonchev–Trinajstić information content (AvgIpc) is 3.06. The van der Waals surface area contributed by atoms with Gasteiger partial charge in [-0.15, -0.1) is 20.4 Å². The molecule has 0 aliphatic carbocycles. The van der Waals surface area contributed by atoms with Gasteiger partial charge in [0.2, 0.25) is 0 Å². The van der Waals surface area contributed by atoms with Gasteiger partial charge < -0.3 is 20.5 Å². The monoisotopic (exact) mass is 726 g/mol. The Morgan fingerprint density at radius 1 is 0.776 bits per heavy atom. The molecule has 0 unspecified atom stereocenters. The number of aromatic nitrogens is 6. The van der Waals surface area contributed by atoms with Crippen LogP contribution < -0.4 is 11.1 Å². The van der Waals surface area contributed by atoms with E-state index in [9.17, 15) is 14.9 Å². The number of nitrogens with zero attached hydrogens (tertiary/aromatic N) is 8. The Morgan fingerprint density at radius 3 is 1.78 bits per heavy atom. The number of nitrogen functional groups attached to an aromatic ring is 1. The molecule has 49 heavy (non-hydrogen) atoms. The Bertz CT molecular complexity index is 1860. The molecule has 3 N–H and O–H groups in total. The van der Waals surface area contributed by atoms with Crippen molar-refractivity contribution >= 4 is 64.1 Å². The van der Waals surface area contributed by atoms with Gasteiger partial charge in [0, 0.05) is 6.07 Å². The summed E-state index contributed by atoms with van der Waals surface area (Å²) in [6.07, 6.45) is 0. The molecule has 0 aromatic carbocycles. The Labute approximate surface area is 298 Å². The standard InChI is InChI=1S/C16H16ClN5O2.C9H11N3.C7H6Cl2N2O2/c1-4-24-15(23)14-10(8-12(17)21-22-14)19-13-7-5-6-11(20-13)16(2,3)9-18;1-9(2,6-10)7-4-3-5-8(11)12-7;1-2-13-7(12)6-4(8)3-5(9)10-11-6/h5-8H,4H2,1-3H3,(H,19,20,21);3-5H,1-2H3,(H2,11,12);3H,2H2,1H3. The van der Waals surface area contributed by atoms with Crippen LogP contribution in [0, 0.1) is 22.7 Å². The number of nitrogens with one attached hydrogen (secondary N) is 1. The molecule has 0 fully saturated rings. The van der Waals surface area contributed by atoms with Crippen LogP contribution in [0.2, 0.25) is 15.3 Å². The fourth-order valence-electron chi connectivity index (χ4n) is 3.40. The fourth-order valence-corrected chi connectivity index (χ4v) is 3.97. The van der Waals surface area contributed by atoms with Gasteiger partial charge in [-0.1, -0.05) is 46.9 Å². The smallest absolute Gasteiger partial charge is 0.361 e. The largest absolute Gasteiger partial charge is 0.461 e. The number of carbonyl (C=O) groups excluding carboxylic acids is 2. The van der Waals surface area contributed by atoms with Gasteiger partial charge in [-0.2, -0.15) is 10.5 Å². The first-order valence-corrected chi connectivity index (χ1v) is 15.6. The zero-order valence-corrected chi connectivity index (χ0v) is 29.7. The lowest BCUT2D eigenvalue weighted by Gasteiger charge is -2.16. The third-order valence-corrected chi connectivity index (χ3v) is 6.70. The molecular formula is C32H33Cl3N10O4. The second kappa shape index (κ2) is 18.4. The lowest BCUT2D eigenvalue weighted by molar-refractivity contribution is 0.0509. The van der Waals surface area contributed by atoms with Gasteiger partial charge in [0.05, 0.1) is 58.3 Å². The zero-order chi connectivity index (χ0) is 36.8. The minimum Gasteiger partial charge on any atom is -0.461 e. The third-order valence-electron chi connectivity index (χ3n) is 6.04. The maximum absolute atomic E-state index is 12.0. The quantitative estimate of drug-likeness (QED) is 0.181. The Morgan fingerprint density at radius 2 is 1.27 bits per heavy atom. The molecule has 0 aliphatic rings. The number of halogens is 3. The van der Waals surface area contributed by atoms with Gasteiger partial charge in [-0.25, -0.2) is 19.6 Å². The summed E-state index contributed by atoms with van der Waals surface area (Å²) in [5.41, 5.74) is 5.81. The molecule has 4 heterocycles. The summed E-state index contributed by atoms with van der Waals surface area (Å²) in [5.74, 6) is -0.310. The lowest BCUT2D eigenvalue weighted by atomic mass is 9.91. The summed E-state index contributed by atoms with van der Waals surface area (Å²) in [7, 11) is 0. The highest BCUT2D eigenvalue weighted by molar-refractivity contribution is 6.35. The first-order valence-electron chi connectivity index (χ1n) is 14.4. The average molecular weight is 728 g/mol. The van der Waals surface area contributed by atoms with Crippen molar-refractivity contribution in [1.29, 1.82) is 10.5 Å². The van der Waals surface area contributed by atoms with E-state index in [-0.39, 0.29) is 39.9 Å². The third kappa shape index (κ3) is 12.1. The van der Waals surface area contributed by atoms with Gasteiger partial charge >= 0.3 is 11.9 Å². The van der Waals surface area contributed by atoms with Crippen LogP contribution in [0.1, 0.15) is 73.9 Å². The van der Waals surface area contributed by atoms with Gasteiger partial charge in [0.1, 0.15) is 11.6 Å². The number of carbonyl (C=O) groups is 2.